The lowest BCUT2D eigenvalue weighted by atomic mass is 10.1. The molecule has 1 saturated carbocycles. The molecule has 1 atom stereocenters. The number of aliphatic carboxylic acids is 1. The third-order valence-electron chi connectivity index (χ3n) is 3.99. The van der Waals surface area contributed by atoms with Crippen molar-refractivity contribution < 1.29 is 18.3 Å². The van der Waals surface area contributed by atoms with Gasteiger partial charge in [0.25, 0.3) is 10.2 Å². The molecule has 1 unspecified atom stereocenters. The van der Waals surface area contributed by atoms with Gasteiger partial charge >= 0.3 is 5.97 Å². The summed E-state index contributed by atoms with van der Waals surface area (Å²) >= 11 is 0. The Balaban J connectivity index is 1.72. The predicted octanol–water partition coefficient (Wildman–Crippen LogP) is -0.288. The minimum absolute atomic E-state index is 0.0104. The molecule has 2 fully saturated rings. The standard InChI is InChI=1S/C12H23N3O4S/c1-14(6-5-12(16)17)20(18,19)13-8-10-4-7-15(9-10)11-2-3-11/h10-11,13H,2-9H2,1H3,(H,16,17). The van der Waals surface area contributed by atoms with E-state index in [9.17, 15) is 13.2 Å². The number of likely N-dealkylation sites (tertiary alicyclic amines) is 1. The van der Waals surface area contributed by atoms with E-state index in [-0.39, 0.29) is 13.0 Å². The van der Waals surface area contributed by atoms with Gasteiger partial charge in [0.1, 0.15) is 0 Å². The van der Waals surface area contributed by atoms with Crippen LogP contribution < -0.4 is 4.72 Å². The van der Waals surface area contributed by atoms with Crippen molar-refractivity contribution in [3.8, 4) is 0 Å². The monoisotopic (exact) mass is 305 g/mol. The highest BCUT2D eigenvalue weighted by Crippen LogP contribution is 2.31. The molecule has 1 aliphatic heterocycles. The lowest BCUT2D eigenvalue weighted by Gasteiger charge is -2.19. The molecule has 7 nitrogen and oxygen atoms in total. The third kappa shape index (κ3) is 4.41. The van der Waals surface area contributed by atoms with Gasteiger partial charge in [-0.3, -0.25) is 4.79 Å². The lowest BCUT2D eigenvalue weighted by molar-refractivity contribution is -0.137. The van der Waals surface area contributed by atoms with Gasteiger partial charge in [-0.25, -0.2) is 4.72 Å². The summed E-state index contributed by atoms with van der Waals surface area (Å²) in [5.41, 5.74) is 0. The number of carboxylic acids is 1. The minimum atomic E-state index is -3.56. The van der Waals surface area contributed by atoms with E-state index in [0.29, 0.717) is 12.5 Å². The van der Waals surface area contributed by atoms with Crippen molar-refractivity contribution in [3.63, 3.8) is 0 Å². The maximum absolute atomic E-state index is 11.9. The second-order valence-electron chi connectivity index (χ2n) is 5.70. The Bertz CT molecular complexity index is 450. The van der Waals surface area contributed by atoms with Crippen LogP contribution in [0.4, 0.5) is 0 Å². The first-order valence-corrected chi connectivity index (χ1v) is 8.49. The number of rotatable bonds is 8. The highest BCUT2D eigenvalue weighted by molar-refractivity contribution is 7.87. The van der Waals surface area contributed by atoms with Gasteiger partial charge in [0.05, 0.1) is 6.42 Å². The van der Waals surface area contributed by atoms with Crippen molar-refractivity contribution in [3.05, 3.63) is 0 Å². The number of hydrogen-bond donors (Lipinski definition) is 2. The van der Waals surface area contributed by atoms with Gasteiger partial charge in [-0.1, -0.05) is 0 Å². The minimum Gasteiger partial charge on any atom is -0.481 e. The molecule has 0 aromatic carbocycles. The number of carboxylic acid groups (broad SMARTS) is 1. The average molecular weight is 305 g/mol. The fourth-order valence-electron chi connectivity index (χ4n) is 2.51. The van der Waals surface area contributed by atoms with Crippen molar-refractivity contribution in [2.75, 3.05) is 33.2 Å². The van der Waals surface area contributed by atoms with E-state index in [0.717, 1.165) is 29.9 Å². The highest BCUT2D eigenvalue weighted by atomic mass is 32.2. The van der Waals surface area contributed by atoms with E-state index in [2.05, 4.69) is 9.62 Å². The molecule has 20 heavy (non-hydrogen) atoms. The maximum Gasteiger partial charge on any atom is 0.304 e. The number of nitrogens with zero attached hydrogens (tertiary/aromatic N) is 2. The molecule has 2 aliphatic rings. The number of carbonyl (C=O) groups is 1. The van der Waals surface area contributed by atoms with Crippen molar-refractivity contribution in [2.24, 2.45) is 5.92 Å². The summed E-state index contributed by atoms with van der Waals surface area (Å²) in [6, 6.07) is 0.731. The zero-order valence-electron chi connectivity index (χ0n) is 11.8. The topological polar surface area (TPSA) is 90.0 Å². The van der Waals surface area contributed by atoms with E-state index in [1.54, 1.807) is 0 Å². The van der Waals surface area contributed by atoms with Crippen molar-refractivity contribution in [2.45, 2.75) is 31.7 Å². The van der Waals surface area contributed by atoms with Gasteiger partial charge in [-0.05, 0) is 31.7 Å². The molecule has 2 rings (SSSR count). The first-order chi connectivity index (χ1) is 9.38. The fraction of sp³-hybridized carbons (Fsp3) is 0.917. The summed E-state index contributed by atoms with van der Waals surface area (Å²) in [5.74, 6) is -0.638. The second-order valence-corrected chi connectivity index (χ2v) is 7.56. The predicted molar refractivity (Wildman–Crippen MR) is 74.5 cm³/mol. The molecule has 0 aromatic rings. The SMILES string of the molecule is CN(CCC(=O)O)S(=O)(=O)NCC1CCN(C2CC2)C1. The smallest absolute Gasteiger partial charge is 0.304 e. The summed E-state index contributed by atoms with van der Waals surface area (Å²) in [7, 11) is -2.16. The largest absolute Gasteiger partial charge is 0.481 e. The summed E-state index contributed by atoms with van der Waals surface area (Å²) in [6.07, 6.45) is 3.39. The summed E-state index contributed by atoms with van der Waals surface area (Å²) in [5, 5.41) is 8.57. The zero-order valence-corrected chi connectivity index (χ0v) is 12.6. The first kappa shape index (κ1) is 15.7. The molecule has 0 radical (unpaired) electrons. The van der Waals surface area contributed by atoms with Crippen molar-refractivity contribution in [1.82, 2.24) is 13.9 Å². The quantitative estimate of drug-likeness (QED) is 0.643. The zero-order chi connectivity index (χ0) is 14.8. The van der Waals surface area contributed by atoms with Crippen LogP contribution in [0.5, 0.6) is 0 Å². The molecular formula is C12H23N3O4S. The average Bonchev–Trinajstić information content (AvgIpc) is 3.13. The normalized spacial score (nSPS) is 24.4. The third-order valence-corrected chi connectivity index (χ3v) is 5.52. The molecule has 1 heterocycles. The molecular weight excluding hydrogens is 282 g/mol. The van der Waals surface area contributed by atoms with Gasteiger partial charge in [-0.2, -0.15) is 12.7 Å². The van der Waals surface area contributed by atoms with Gasteiger partial charge in [0.15, 0.2) is 0 Å². The van der Waals surface area contributed by atoms with E-state index < -0.39 is 16.2 Å². The lowest BCUT2D eigenvalue weighted by Crippen LogP contribution is -2.41. The van der Waals surface area contributed by atoms with Crippen LogP contribution in [-0.2, 0) is 15.0 Å². The Hall–Kier alpha value is -0.700. The maximum atomic E-state index is 11.9. The first-order valence-electron chi connectivity index (χ1n) is 7.05. The Labute approximate surface area is 120 Å². The van der Waals surface area contributed by atoms with Gasteiger partial charge < -0.3 is 10.0 Å². The van der Waals surface area contributed by atoms with Crippen LogP contribution in [0.25, 0.3) is 0 Å². The van der Waals surface area contributed by atoms with Crippen LogP contribution in [0.15, 0.2) is 0 Å². The number of nitrogens with one attached hydrogen (secondary N) is 1. The summed E-state index contributed by atoms with van der Waals surface area (Å²) in [4.78, 5) is 12.9. The Morgan fingerprint density at radius 3 is 2.70 bits per heavy atom. The van der Waals surface area contributed by atoms with E-state index in [1.807, 2.05) is 0 Å². The molecule has 116 valence electrons. The Morgan fingerprint density at radius 1 is 1.40 bits per heavy atom. The Morgan fingerprint density at radius 2 is 2.10 bits per heavy atom. The van der Waals surface area contributed by atoms with Crippen LogP contribution in [0, 0.1) is 5.92 Å². The summed E-state index contributed by atoms with van der Waals surface area (Å²) < 4.78 is 27.5. The van der Waals surface area contributed by atoms with Gasteiger partial charge in [-0.15, -0.1) is 0 Å². The molecule has 1 aliphatic carbocycles. The molecule has 0 spiro atoms. The van der Waals surface area contributed by atoms with Crippen molar-refractivity contribution in [1.29, 1.82) is 0 Å². The molecule has 0 amide bonds. The molecule has 1 saturated heterocycles. The molecule has 8 heteroatoms. The van der Waals surface area contributed by atoms with Crippen LogP contribution in [-0.4, -0.2) is 68.0 Å². The van der Waals surface area contributed by atoms with Gasteiger partial charge in [0, 0.05) is 32.7 Å². The molecule has 2 N–H and O–H groups in total. The van der Waals surface area contributed by atoms with Crippen LogP contribution in [0.3, 0.4) is 0 Å². The van der Waals surface area contributed by atoms with Crippen LogP contribution in [0.1, 0.15) is 25.7 Å². The Kier molecular flexibility index (Phi) is 5.00. The van der Waals surface area contributed by atoms with Crippen LogP contribution >= 0.6 is 0 Å². The van der Waals surface area contributed by atoms with Crippen molar-refractivity contribution >= 4 is 16.2 Å². The number of hydrogen-bond acceptors (Lipinski definition) is 4. The van der Waals surface area contributed by atoms with E-state index >= 15 is 0 Å². The second kappa shape index (κ2) is 6.38. The van der Waals surface area contributed by atoms with E-state index in [4.69, 9.17) is 5.11 Å². The van der Waals surface area contributed by atoms with Crippen LogP contribution in [0.2, 0.25) is 0 Å². The molecule has 0 bridgehead atoms. The van der Waals surface area contributed by atoms with E-state index in [1.165, 1.54) is 19.9 Å². The van der Waals surface area contributed by atoms with Gasteiger partial charge in [0.2, 0.25) is 0 Å². The summed E-state index contributed by atoms with van der Waals surface area (Å²) in [6.45, 7) is 2.45. The fourth-order valence-corrected chi connectivity index (χ4v) is 3.51. The molecule has 0 aromatic heterocycles. The highest BCUT2D eigenvalue weighted by Gasteiger charge is 2.34.